The van der Waals surface area contributed by atoms with Crippen molar-refractivity contribution in [1.82, 2.24) is 9.88 Å². The predicted molar refractivity (Wildman–Crippen MR) is 89.9 cm³/mol. The standard InChI is InChI=1S/C16H23N3O4S/c1-11-5-3-6-12(2)19(11)15(20)10-24(22,23)9-13-7-4-8-14(18-13)16(17)21/h4,7-8,11-12H,3,5-6,9-10H2,1-2H3,(H2,17,21). The first kappa shape index (κ1) is 18.4. The van der Waals surface area contributed by atoms with Gasteiger partial charge in [0.25, 0.3) is 5.91 Å². The predicted octanol–water partition coefficient (Wildman–Crippen LogP) is 0.885. The normalized spacial score (nSPS) is 21.5. The number of carbonyl (C=O) groups is 2. The first-order chi connectivity index (χ1) is 11.2. The molecule has 0 bridgehead atoms. The van der Waals surface area contributed by atoms with E-state index in [-0.39, 0.29) is 29.4 Å². The van der Waals surface area contributed by atoms with E-state index >= 15 is 0 Å². The molecule has 2 N–H and O–H groups in total. The van der Waals surface area contributed by atoms with Crippen LogP contribution in [0.4, 0.5) is 0 Å². The van der Waals surface area contributed by atoms with E-state index in [0.29, 0.717) is 0 Å². The number of sulfone groups is 1. The lowest BCUT2D eigenvalue weighted by molar-refractivity contribution is -0.134. The fourth-order valence-electron chi connectivity index (χ4n) is 3.15. The first-order valence-electron chi connectivity index (χ1n) is 7.97. The Morgan fingerprint density at radius 3 is 2.46 bits per heavy atom. The highest BCUT2D eigenvalue weighted by Crippen LogP contribution is 2.23. The molecule has 1 aliphatic heterocycles. The van der Waals surface area contributed by atoms with Crippen LogP contribution in [0.25, 0.3) is 0 Å². The van der Waals surface area contributed by atoms with Crippen LogP contribution < -0.4 is 5.73 Å². The van der Waals surface area contributed by atoms with Crippen LogP contribution in [0.5, 0.6) is 0 Å². The van der Waals surface area contributed by atoms with Crippen molar-refractivity contribution in [3.63, 3.8) is 0 Å². The third-order valence-corrected chi connectivity index (χ3v) is 5.67. The van der Waals surface area contributed by atoms with Gasteiger partial charge in [-0.15, -0.1) is 0 Å². The van der Waals surface area contributed by atoms with Crippen molar-refractivity contribution in [1.29, 1.82) is 0 Å². The quantitative estimate of drug-likeness (QED) is 0.845. The molecular weight excluding hydrogens is 330 g/mol. The lowest BCUT2D eigenvalue weighted by Gasteiger charge is -2.39. The summed E-state index contributed by atoms with van der Waals surface area (Å²) in [5.41, 5.74) is 5.36. The minimum Gasteiger partial charge on any atom is -0.364 e. The van der Waals surface area contributed by atoms with Gasteiger partial charge in [-0.2, -0.15) is 0 Å². The molecule has 2 atom stereocenters. The highest BCUT2D eigenvalue weighted by atomic mass is 32.2. The fourth-order valence-corrected chi connectivity index (χ4v) is 4.39. The van der Waals surface area contributed by atoms with Crippen molar-refractivity contribution in [3.05, 3.63) is 29.6 Å². The van der Waals surface area contributed by atoms with Crippen LogP contribution in [0.1, 0.15) is 49.3 Å². The Morgan fingerprint density at radius 2 is 1.88 bits per heavy atom. The molecule has 2 rings (SSSR count). The van der Waals surface area contributed by atoms with Crippen LogP contribution in [0, 0.1) is 0 Å². The fraction of sp³-hybridized carbons (Fsp3) is 0.562. The van der Waals surface area contributed by atoms with Crippen LogP contribution >= 0.6 is 0 Å². The maximum Gasteiger partial charge on any atom is 0.267 e. The van der Waals surface area contributed by atoms with Gasteiger partial charge in [-0.1, -0.05) is 6.07 Å². The average Bonchev–Trinajstić information content (AvgIpc) is 2.46. The van der Waals surface area contributed by atoms with E-state index in [9.17, 15) is 18.0 Å². The number of amides is 2. The largest absolute Gasteiger partial charge is 0.364 e. The number of carbonyl (C=O) groups excluding carboxylic acids is 2. The molecule has 0 aromatic carbocycles. The number of pyridine rings is 1. The van der Waals surface area contributed by atoms with Crippen molar-refractivity contribution >= 4 is 21.7 Å². The van der Waals surface area contributed by atoms with E-state index in [1.54, 1.807) is 4.90 Å². The monoisotopic (exact) mass is 353 g/mol. The molecule has 1 aliphatic rings. The SMILES string of the molecule is CC1CCCC(C)N1C(=O)CS(=O)(=O)Cc1cccc(C(N)=O)n1. The lowest BCUT2D eigenvalue weighted by atomic mass is 9.98. The number of hydrogen-bond acceptors (Lipinski definition) is 5. The van der Waals surface area contributed by atoms with Gasteiger partial charge in [-0.05, 0) is 45.2 Å². The molecule has 1 saturated heterocycles. The van der Waals surface area contributed by atoms with Crippen molar-refractivity contribution in [3.8, 4) is 0 Å². The molecule has 1 aromatic rings. The summed E-state index contributed by atoms with van der Waals surface area (Å²) >= 11 is 0. The van der Waals surface area contributed by atoms with Crippen LogP contribution in [-0.2, 0) is 20.4 Å². The number of nitrogens with zero attached hydrogens (tertiary/aromatic N) is 2. The van der Waals surface area contributed by atoms with Crippen LogP contribution in [0.3, 0.4) is 0 Å². The molecule has 0 aliphatic carbocycles. The van der Waals surface area contributed by atoms with Gasteiger partial charge in [-0.3, -0.25) is 9.59 Å². The second-order valence-corrected chi connectivity index (χ2v) is 8.41. The summed E-state index contributed by atoms with van der Waals surface area (Å²) in [5.74, 6) is -2.04. The third kappa shape index (κ3) is 4.53. The second kappa shape index (κ2) is 7.29. The molecular formula is C16H23N3O4S. The zero-order valence-corrected chi connectivity index (χ0v) is 14.8. The van der Waals surface area contributed by atoms with Crippen molar-refractivity contribution in [2.75, 3.05) is 5.75 Å². The van der Waals surface area contributed by atoms with E-state index in [2.05, 4.69) is 4.98 Å². The van der Waals surface area contributed by atoms with Gasteiger partial charge in [0.2, 0.25) is 5.91 Å². The number of nitrogens with two attached hydrogens (primary N) is 1. The summed E-state index contributed by atoms with van der Waals surface area (Å²) < 4.78 is 24.7. The average molecular weight is 353 g/mol. The minimum absolute atomic E-state index is 0.00676. The maximum atomic E-state index is 12.5. The van der Waals surface area contributed by atoms with Gasteiger partial charge in [0.05, 0.1) is 11.4 Å². The summed E-state index contributed by atoms with van der Waals surface area (Å²) in [6.07, 6.45) is 2.82. The Hall–Kier alpha value is -1.96. The second-order valence-electron chi connectivity index (χ2n) is 6.34. The van der Waals surface area contributed by atoms with Crippen LogP contribution in [0.15, 0.2) is 18.2 Å². The molecule has 8 heteroatoms. The molecule has 2 amide bonds. The third-order valence-electron chi connectivity index (χ3n) is 4.25. The van der Waals surface area contributed by atoms with Gasteiger partial charge >= 0.3 is 0 Å². The number of likely N-dealkylation sites (tertiary alicyclic amines) is 1. The van der Waals surface area contributed by atoms with Crippen molar-refractivity contribution in [2.45, 2.75) is 50.9 Å². The maximum absolute atomic E-state index is 12.5. The number of aromatic nitrogens is 1. The summed E-state index contributed by atoms with van der Waals surface area (Å²) in [6, 6.07) is 4.54. The summed E-state index contributed by atoms with van der Waals surface area (Å²) in [4.78, 5) is 29.2. The Kier molecular flexibility index (Phi) is 5.58. The van der Waals surface area contributed by atoms with Gasteiger partial charge in [0, 0.05) is 12.1 Å². The summed E-state index contributed by atoms with van der Waals surface area (Å²) in [5, 5.41) is 0. The van der Waals surface area contributed by atoms with E-state index in [1.807, 2.05) is 13.8 Å². The Balaban J connectivity index is 2.09. The van der Waals surface area contributed by atoms with E-state index in [4.69, 9.17) is 5.73 Å². The van der Waals surface area contributed by atoms with Crippen molar-refractivity contribution in [2.24, 2.45) is 5.73 Å². The molecule has 132 valence electrons. The van der Waals surface area contributed by atoms with Crippen molar-refractivity contribution < 1.29 is 18.0 Å². The van der Waals surface area contributed by atoms with Crippen LogP contribution in [0.2, 0.25) is 0 Å². The summed E-state index contributed by atoms with van der Waals surface area (Å²) in [7, 11) is -3.68. The van der Waals surface area contributed by atoms with Gasteiger partial charge < -0.3 is 10.6 Å². The smallest absolute Gasteiger partial charge is 0.267 e. The molecule has 24 heavy (non-hydrogen) atoms. The molecule has 0 saturated carbocycles. The Bertz CT molecular complexity index is 723. The Labute approximate surface area is 142 Å². The zero-order valence-electron chi connectivity index (χ0n) is 13.9. The lowest BCUT2D eigenvalue weighted by Crippen LogP contribution is -2.49. The number of hydrogen-bond donors (Lipinski definition) is 1. The minimum atomic E-state index is -3.68. The van der Waals surface area contributed by atoms with Gasteiger partial charge in [0.15, 0.2) is 9.84 Å². The molecule has 0 spiro atoms. The topological polar surface area (TPSA) is 110 Å². The number of piperidine rings is 1. The Morgan fingerprint density at radius 1 is 1.25 bits per heavy atom. The number of rotatable bonds is 5. The highest BCUT2D eigenvalue weighted by Gasteiger charge is 2.31. The molecule has 1 aromatic heterocycles. The molecule has 7 nitrogen and oxygen atoms in total. The molecule has 0 radical (unpaired) electrons. The number of primary amides is 1. The van der Waals surface area contributed by atoms with E-state index in [0.717, 1.165) is 19.3 Å². The molecule has 1 fully saturated rings. The molecule has 2 heterocycles. The highest BCUT2D eigenvalue weighted by molar-refractivity contribution is 7.91. The zero-order chi connectivity index (χ0) is 17.9. The van der Waals surface area contributed by atoms with E-state index in [1.165, 1.54) is 18.2 Å². The van der Waals surface area contributed by atoms with Gasteiger partial charge in [0.1, 0.15) is 11.4 Å². The first-order valence-corrected chi connectivity index (χ1v) is 9.79. The van der Waals surface area contributed by atoms with E-state index < -0.39 is 27.3 Å². The summed E-state index contributed by atoms with van der Waals surface area (Å²) in [6.45, 7) is 3.89. The molecule has 2 unspecified atom stereocenters. The van der Waals surface area contributed by atoms with Gasteiger partial charge in [-0.25, -0.2) is 13.4 Å². The van der Waals surface area contributed by atoms with Crippen LogP contribution in [-0.4, -0.2) is 48.0 Å².